The molecule has 0 bridgehead atoms. The molecule has 2 aromatic rings. The standard InChI is InChI=1S/C12H12BrFN4S/c13-10-5-8(14)2-1-7(10)6-19-12-17-16-11(15)18(12)9-3-4-9/h1-2,5,9H,3-4,6H2,(H2,15,16). The molecule has 1 fully saturated rings. The van der Waals surface area contributed by atoms with Crippen LogP contribution in [0.3, 0.4) is 0 Å². The molecule has 1 heterocycles. The third-order valence-corrected chi connectivity index (χ3v) is 4.70. The molecule has 1 aromatic carbocycles. The van der Waals surface area contributed by atoms with Crippen LogP contribution in [0.2, 0.25) is 0 Å². The summed E-state index contributed by atoms with van der Waals surface area (Å²) in [7, 11) is 0. The molecule has 19 heavy (non-hydrogen) atoms. The Kier molecular flexibility index (Phi) is 3.49. The van der Waals surface area contributed by atoms with Gasteiger partial charge >= 0.3 is 0 Å². The van der Waals surface area contributed by atoms with Crippen molar-refractivity contribution in [3.8, 4) is 0 Å². The highest BCUT2D eigenvalue weighted by Crippen LogP contribution is 2.40. The van der Waals surface area contributed by atoms with Gasteiger partial charge in [-0.25, -0.2) is 4.39 Å². The van der Waals surface area contributed by atoms with Crippen LogP contribution in [0.1, 0.15) is 24.4 Å². The molecule has 1 aliphatic rings. The molecule has 1 aliphatic carbocycles. The van der Waals surface area contributed by atoms with E-state index in [9.17, 15) is 4.39 Å². The first-order chi connectivity index (χ1) is 9.15. The smallest absolute Gasteiger partial charge is 0.222 e. The summed E-state index contributed by atoms with van der Waals surface area (Å²) in [5.74, 6) is 0.931. The van der Waals surface area contributed by atoms with Gasteiger partial charge in [-0.2, -0.15) is 0 Å². The van der Waals surface area contributed by atoms with Crippen molar-refractivity contribution >= 4 is 33.6 Å². The van der Waals surface area contributed by atoms with Crippen molar-refractivity contribution in [3.63, 3.8) is 0 Å². The summed E-state index contributed by atoms with van der Waals surface area (Å²) in [5, 5.41) is 8.86. The van der Waals surface area contributed by atoms with E-state index in [2.05, 4.69) is 26.1 Å². The van der Waals surface area contributed by atoms with Crippen LogP contribution in [0.4, 0.5) is 10.3 Å². The van der Waals surface area contributed by atoms with Gasteiger partial charge in [0, 0.05) is 16.3 Å². The fourth-order valence-corrected chi connectivity index (χ4v) is 3.54. The predicted molar refractivity (Wildman–Crippen MR) is 76.4 cm³/mol. The normalized spacial score (nSPS) is 14.8. The van der Waals surface area contributed by atoms with Gasteiger partial charge in [0.15, 0.2) is 5.16 Å². The topological polar surface area (TPSA) is 56.7 Å². The van der Waals surface area contributed by atoms with Gasteiger partial charge < -0.3 is 5.73 Å². The molecule has 2 N–H and O–H groups in total. The molecule has 0 aliphatic heterocycles. The predicted octanol–water partition coefficient (Wildman–Crippen LogP) is 3.39. The lowest BCUT2D eigenvalue weighted by Gasteiger charge is -2.07. The summed E-state index contributed by atoms with van der Waals surface area (Å²) in [5.41, 5.74) is 6.84. The minimum atomic E-state index is -0.244. The summed E-state index contributed by atoms with van der Waals surface area (Å²) in [6.07, 6.45) is 2.27. The number of hydrogen-bond acceptors (Lipinski definition) is 4. The molecular weight excluding hydrogens is 331 g/mol. The van der Waals surface area contributed by atoms with Gasteiger partial charge in [-0.1, -0.05) is 33.8 Å². The van der Waals surface area contributed by atoms with Crippen LogP contribution in [-0.4, -0.2) is 14.8 Å². The highest BCUT2D eigenvalue weighted by atomic mass is 79.9. The second-order valence-electron chi connectivity index (χ2n) is 4.47. The number of hydrogen-bond donors (Lipinski definition) is 1. The molecule has 100 valence electrons. The lowest BCUT2D eigenvalue weighted by molar-refractivity contribution is 0.626. The van der Waals surface area contributed by atoms with E-state index in [0.717, 1.165) is 28.0 Å². The first-order valence-electron chi connectivity index (χ1n) is 5.92. The molecule has 3 rings (SSSR count). The van der Waals surface area contributed by atoms with E-state index in [4.69, 9.17) is 5.73 Å². The second-order valence-corrected chi connectivity index (χ2v) is 6.26. The van der Waals surface area contributed by atoms with Crippen molar-refractivity contribution < 1.29 is 4.39 Å². The van der Waals surface area contributed by atoms with Gasteiger partial charge in [0.2, 0.25) is 5.95 Å². The van der Waals surface area contributed by atoms with Crippen LogP contribution in [0.25, 0.3) is 0 Å². The molecular formula is C12H12BrFN4S. The monoisotopic (exact) mass is 342 g/mol. The fraction of sp³-hybridized carbons (Fsp3) is 0.333. The Balaban J connectivity index is 1.75. The van der Waals surface area contributed by atoms with Crippen LogP contribution in [-0.2, 0) is 5.75 Å². The average molecular weight is 343 g/mol. The quantitative estimate of drug-likeness (QED) is 0.865. The lowest BCUT2D eigenvalue weighted by atomic mass is 10.2. The number of nitrogen functional groups attached to an aromatic ring is 1. The van der Waals surface area contributed by atoms with E-state index < -0.39 is 0 Å². The molecule has 0 amide bonds. The van der Waals surface area contributed by atoms with Crippen molar-refractivity contribution in [1.82, 2.24) is 14.8 Å². The molecule has 0 spiro atoms. The zero-order valence-electron chi connectivity index (χ0n) is 10.0. The van der Waals surface area contributed by atoms with E-state index in [0.29, 0.717) is 17.7 Å². The number of rotatable bonds is 4. The van der Waals surface area contributed by atoms with Crippen LogP contribution in [0.5, 0.6) is 0 Å². The van der Waals surface area contributed by atoms with Crippen molar-refractivity contribution in [2.45, 2.75) is 29.8 Å². The van der Waals surface area contributed by atoms with Gasteiger partial charge in [0.05, 0.1) is 0 Å². The van der Waals surface area contributed by atoms with Crippen LogP contribution in [0, 0.1) is 5.82 Å². The minimum absolute atomic E-state index is 0.244. The van der Waals surface area contributed by atoms with Crippen LogP contribution in [0.15, 0.2) is 27.8 Å². The largest absolute Gasteiger partial charge is 0.368 e. The zero-order valence-corrected chi connectivity index (χ0v) is 12.4. The summed E-state index contributed by atoms with van der Waals surface area (Å²) >= 11 is 4.93. The summed E-state index contributed by atoms with van der Waals surface area (Å²) in [6, 6.07) is 5.15. The molecule has 0 saturated heterocycles. The number of nitrogens with two attached hydrogens (primary N) is 1. The number of benzene rings is 1. The van der Waals surface area contributed by atoms with Crippen molar-refractivity contribution in [2.75, 3.05) is 5.73 Å². The second kappa shape index (κ2) is 5.13. The maximum atomic E-state index is 13.0. The van der Waals surface area contributed by atoms with E-state index in [1.54, 1.807) is 17.8 Å². The highest BCUT2D eigenvalue weighted by molar-refractivity contribution is 9.10. The molecule has 1 aromatic heterocycles. The Bertz CT molecular complexity index is 612. The molecule has 1 saturated carbocycles. The Morgan fingerprint density at radius 1 is 1.42 bits per heavy atom. The summed E-state index contributed by atoms with van der Waals surface area (Å²) in [4.78, 5) is 0. The van der Waals surface area contributed by atoms with Crippen molar-refractivity contribution in [2.24, 2.45) is 0 Å². The maximum absolute atomic E-state index is 13.0. The number of nitrogens with zero attached hydrogens (tertiary/aromatic N) is 3. The number of halogens is 2. The first kappa shape index (κ1) is 12.9. The minimum Gasteiger partial charge on any atom is -0.368 e. The number of thioether (sulfide) groups is 1. The Hall–Kier alpha value is -1.08. The Labute approximate surface area is 122 Å². The Morgan fingerprint density at radius 3 is 2.89 bits per heavy atom. The van der Waals surface area contributed by atoms with Crippen LogP contribution < -0.4 is 5.73 Å². The van der Waals surface area contributed by atoms with Crippen molar-refractivity contribution in [3.05, 3.63) is 34.1 Å². The van der Waals surface area contributed by atoms with E-state index in [1.807, 2.05) is 4.57 Å². The van der Waals surface area contributed by atoms with Gasteiger partial charge in [-0.3, -0.25) is 4.57 Å². The summed E-state index contributed by atoms with van der Waals surface area (Å²) < 4.78 is 15.8. The SMILES string of the molecule is Nc1nnc(SCc2ccc(F)cc2Br)n1C1CC1. The third-order valence-electron chi connectivity index (χ3n) is 2.97. The fourth-order valence-electron chi connectivity index (χ4n) is 1.84. The van der Waals surface area contributed by atoms with E-state index in [1.165, 1.54) is 12.1 Å². The molecule has 0 radical (unpaired) electrons. The highest BCUT2D eigenvalue weighted by Gasteiger charge is 2.28. The van der Waals surface area contributed by atoms with E-state index in [-0.39, 0.29) is 5.82 Å². The number of anilines is 1. The van der Waals surface area contributed by atoms with Crippen LogP contribution >= 0.6 is 27.7 Å². The van der Waals surface area contributed by atoms with Gasteiger partial charge in [0.25, 0.3) is 0 Å². The summed E-state index contributed by atoms with van der Waals surface area (Å²) in [6.45, 7) is 0. The van der Waals surface area contributed by atoms with Gasteiger partial charge in [0.1, 0.15) is 5.82 Å². The average Bonchev–Trinajstić information content (AvgIpc) is 3.13. The molecule has 4 nitrogen and oxygen atoms in total. The zero-order chi connectivity index (χ0) is 13.4. The Morgan fingerprint density at radius 2 is 2.21 bits per heavy atom. The third kappa shape index (κ3) is 2.76. The van der Waals surface area contributed by atoms with Gasteiger partial charge in [-0.05, 0) is 30.5 Å². The van der Waals surface area contributed by atoms with Gasteiger partial charge in [-0.15, -0.1) is 10.2 Å². The maximum Gasteiger partial charge on any atom is 0.222 e. The van der Waals surface area contributed by atoms with E-state index >= 15 is 0 Å². The molecule has 0 unspecified atom stereocenters. The lowest BCUT2D eigenvalue weighted by Crippen LogP contribution is -2.02. The van der Waals surface area contributed by atoms with Crippen molar-refractivity contribution in [1.29, 1.82) is 0 Å². The molecule has 0 atom stereocenters. The number of aromatic nitrogens is 3. The molecule has 7 heteroatoms. The first-order valence-corrected chi connectivity index (χ1v) is 7.70.